The van der Waals surface area contributed by atoms with E-state index < -0.39 is 0 Å². The van der Waals surface area contributed by atoms with Gasteiger partial charge in [0.25, 0.3) is 0 Å². The number of halogens is 1. The maximum atomic E-state index is 12.8. The molecule has 2 fully saturated rings. The average molecular weight is 380 g/mol. The van der Waals surface area contributed by atoms with Gasteiger partial charge in [-0.25, -0.2) is 0 Å². The maximum Gasteiger partial charge on any atom is 0.165 e. The van der Waals surface area contributed by atoms with Gasteiger partial charge in [-0.1, -0.05) is 67.6 Å². The van der Waals surface area contributed by atoms with Crippen molar-refractivity contribution in [1.82, 2.24) is 0 Å². The maximum absolute atomic E-state index is 12.8. The Kier molecular flexibility index (Phi) is 3.35. The first kappa shape index (κ1) is 14.3. The highest BCUT2D eigenvalue weighted by Gasteiger charge is 2.63. The third-order valence-electron chi connectivity index (χ3n) is 5.82. The van der Waals surface area contributed by atoms with Gasteiger partial charge in [0.2, 0.25) is 0 Å². The van der Waals surface area contributed by atoms with Gasteiger partial charge >= 0.3 is 0 Å². The Bertz CT molecular complexity index is 582. The van der Waals surface area contributed by atoms with Crippen LogP contribution in [0.2, 0.25) is 0 Å². The lowest BCUT2D eigenvalue weighted by Crippen LogP contribution is -2.32. The SMILES string of the molecule is CC12CCC(/C(=C/c3ccc(CI)cc3)C1=O)C2(C)C. The predicted molar refractivity (Wildman–Crippen MR) is 91.8 cm³/mol. The fourth-order valence-corrected chi connectivity index (χ4v) is 4.48. The van der Waals surface area contributed by atoms with Crippen LogP contribution in [0.3, 0.4) is 0 Å². The van der Waals surface area contributed by atoms with Crippen molar-refractivity contribution in [3.63, 3.8) is 0 Å². The summed E-state index contributed by atoms with van der Waals surface area (Å²) < 4.78 is 1.03. The highest BCUT2D eigenvalue weighted by molar-refractivity contribution is 14.1. The molecule has 0 radical (unpaired) electrons. The molecule has 20 heavy (non-hydrogen) atoms. The van der Waals surface area contributed by atoms with Crippen molar-refractivity contribution in [2.45, 2.75) is 38.0 Å². The van der Waals surface area contributed by atoms with Crippen molar-refractivity contribution in [3.8, 4) is 0 Å². The van der Waals surface area contributed by atoms with Crippen molar-refractivity contribution in [2.75, 3.05) is 0 Å². The number of Topliss-reactive ketones (excluding diaryl/α,β-unsaturated/α-hetero) is 1. The lowest BCUT2D eigenvalue weighted by atomic mass is 9.70. The molecule has 2 atom stereocenters. The number of hydrogen-bond acceptors (Lipinski definition) is 1. The average Bonchev–Trinajstić information content (AvgIpc) is 2.74. The third-order valence-corrected chi connectivity index (χ3v) is 6.70. The summed E-state index contributed by atoms with van der Waals surface area (Å²) in [6.07, 6.45) is 4.34. The first-order valence-corrected chi connectivity index (χ1v) is 8.84. The lowest BCUT2D eigenvalue weighted by molar-refractivity contribution is -0.125. The zero-order chi connectivity index (χ0) is 14.5. The molecule has 0 spiro atoms. The lowest BCUT2D eigenvalue weighted by Gasteiger charge is -2.31. The van der Waals surface area contributed by atoms with E-state index in [4.69, 9.17) is 0 Å². The molecule has 0 saturated heterocycles. The summed E-state index contributed by atoms with van der Waals surface area (Å²) in [4.78, 5) is 12.8. The van der Waals surface area contributed by atoms with Gasteiger partial charge in [0.15, 0.2) is 5.78 Å². The van der Waals surface area contributed by atoms with Crippen molar-refractivity contribution >= 4 is 34.5 Å². The van der Waals surface area contributed by atoms with Crippen molar-refractivity contribution in [3.05, 3.63) is 41.0 Å². The molecule has 1 aromatic carbocycles. The Morgan fingerprint density at radius 1 is 1.25 bits per heavy atom. The fourth-order valence-electron chi connectivity index (χ4n) is 3.98. The molecule has 0 heterocycles. The number of fused-ring (bicyclic) bond motifs is 2. The normalized spacial score (nSPS) is 33.1. The van der Waals surface area contributed by atoms with E-state index in [0.717, 1.165) is 28.4 Å². The van der Waals surface area contributed by atoms with E-state index in [-0.39, 0.29) is 10.8 Å². The number of rotatable bonds is 2. The van der Waals surface area contributed by atoms with E-state index in [1.165, 1.54) is 5.56 Å². The number of benzene rings is 1. The Morgan fingerprint density at radius 2 is 1.90 bits per heavy atom. The number of alkyl halides is 1. The van der Waals surface area contributed by atoms with Gasteiger partial charge in [0.1, 0.15) is 0 Å². The number of carbonyl (C=O) groups is 1. The zero-order valence-corrected chi connectivity index (χ0v) is 14.5. The molecule has 2 bridgehead atoms. The Morgan fingerprint density at radius 3 is 2.40 bits per heavy atom. The molecule has 2 heteroatoms. The van der Waals surface area contributed by atoms with Gasteiger partial charge < -0.3 is 0 Å². The molecule has 1 aromatic rings. The van der Waals surface area contributed by atoms with Crippen LogP contribution in [0.25, 0.3) is 6.08 Å². The van der Waals surface area contributed by atoms with Crippen LogP contribution in [0.1, 0.15) is 44.7 Å². The van der Waals surface area contributed by atoms with E-state index in [1.54, 1.807) is 0 Å². The molecule has 2 aliphatic rings. The third kappa shape index (κ3) is 1.83. The van der Waals surface area contributed by atoms with Gasteiger partial charge in [0.05, 0.1) is 0 Å². The van der Waals surface area contributed by atoms with Gasteiger partial charge in [-0.3, -0.25) is 4.79 Å². The van der Waals surface area contributed by atoms with E-state index in [1.807, 2.05) is 0 Å². The molecule has 106 valence electrons. The fraction of sp³-hybridized carbons (Fsp3) is 0.500. The van der Waals surface area contributed by atoms with Crippen LogP contribution in [0.4, 0.5) is 0 Å². The summed E-state index contributed by atoms with van der Waals surface area (Å²) in [5.41, 5.74) is 3.52. The molecule has 0 aliphatic heterocycles. The minimum atomic E-state index is -0.147. The van der Waals surface area contributed by atoms with Crippen LogP contribution in [0, 0.1) is 16.7 Å². The topological polar surface area (TPSA) is 17.1 Å². The number of hydrogen-bond donors (Lipinski definition) is 0. The standard InChI is InChI=1S/C18H21IO/c1-17(2)15-8-9-18(17,3)16(20)14(15)10-12-4-6-13(11-19)7-5-12/h4-7,10,15H,8-9,11H2,1-3H3/b14-10-. The monoisotopic (exact) mass is 380 g/mol. The smallest absolute Gasteiger partial charge is 0.165 e. The van der Waals surface area contributed by atoms with E-state index in [0.29, 0.717) is 11.7 Å². The second-order valence-electron chi connectivity index (χ2n) is 6.95. The highest BCUT2D eigenvalue weighted by Crippen LogP contribution is 2.65. The molecule has 0 amide bonds. The first-order valence-electron chi connectivity index (χ1n) is 7.31. The molecular weight excluding hydrogens is 359 g/mol. The number of allylic oxidation sites excluding steroid dienone is 1. The van der Waals surface area contributed by atoms with Crippen LogP contribution in [-0.2, 0) is 9.22 Å². The summed E-state index contributed by atoms with van der Waals surface area (Å²) >= 11 is 2.37. The summed E-state index contributed by atoms with van der Waals surface area (Å²) in [7, 11) is 0. The van der Waals surface area contributed by atoms with E-state index >= 15 is 0 Å². The van der Waals surface area contributed by atoms with Crippen LogP contribution in [0.15, 0.2) is 29.8 Å². The minimum absolute atomic E-state index is 0.109. The first-order chi connectivity index (χ1) is 9.40. The summed E-state index contributed by atoms with van der Waals surface area (Å²) in [5.74, 6) is 0.820. The Labute approximate surface area is 135 Å². The predicted octanol–water partition coefficient (Wildman–Crippen LogP) is 5.03. The van der Waals surface area contributed by atoms with Crippen molar-refractivity contribution < 1.29 is 4.79 Å². The molecule has 3 rings (SSSR count). The van der Waals surface area contributed by atoms with Crippen molar-refractivity contribution in [1.29, 1.82) is 0 Å². The Balaban J connectivity index is 1.99. The summed E-state index contributed by atoms with van der Waals surface area (Å²) in [5, 5.41) is 0. The summed E-state index contributed by atoms with van der Waals surface area (Å²) in [6.45, 7) is 6.69. The zero-order valence-electron chi connectivity index (χ0n) is 12.4. The van der Waals surface area contributed by atoms with Crippen LogP contribution in [-0.4, -0.2) is 5.78 Å². The van der Waals surface area contributed by atoms with Gasteiger partial charge in [-0.15, -0.1) is 0 Å². The minimum Gasteiger partial charge on any atom is -0.294 e. The molecule has 1 nitrogen and oxygen atoms in total. The highest BCUT2D eigenvalue weighted by atomic mass is 127. The quantitative estimate of drug-likeness (QED) is 0.400. The molecular formula is C18H21IO. The largest absolute Gasteiger partial charge is 0.294 e. The van der Waals surface area contributed by atoms with Crippen molar-refractivity contribution in [2.24, 2.45) is 16.7 Å². The van der Waals surface area contributed by atoms with Gasteiger partial charge in [-0.05, 0) is 47.0 Å². The molecule has 2 aliphatic carbocycles. The second kappa shape index (κ2) is 4.69. The number of carbonyl (C=O) groups excluding carboxylic acids is 1. The molecule has 2 saturated carbocycles. The number of ketones is 1. The Hall–Kier alpha value is -0.640. The van der Waals surface area contributed by atoms with E-state index in [2.05, 4.69) is 73.7 Å². The summed E-state index contributed by atoms with van der Waals surface area (Å²) in [6, 6.07) is 8.58. The second-order valence-corrected chi connectivity index (χ2v) is 7.71. The molecule has 0 N–H and O–H groups in total. The van der Waals surface area contributed by atoms with Crippen LogP contribution < -0.4 is 0 Å². The van der Waals surface area contributed by atoms with Gasteiger partial charge in [0, 0.05) is 9.84 Å². The van der Waals surface area contributed by atoms with Crippen LogP contribution >= 0.6 is 22.6 Å². The molecule has 0 aromatic heterocycles. The van der Waals surface area contributed by atoms with Crippen LogP contribution in [0.5, 0.6) is 0 Å². The van der Waals surface area contributed by atoms with Gasteiger partial charge in [-0.2, -0.15) is 0 Å². The molecule has 2 unspecified atom stereocenters. The van der Waals surface area contributed by atoms with E-state index in [9.17, 15) is 4.79 Å².